The molecule has 0 aliphatic carbocycles. The van der Waals surface area contributed by atoms with Crippen molar-refractivity contribution in [1.29, 1.82) is 0 Å². The summed E-state index contributed by atoms with van der Waals surface area (Å²) in [4.78, 5) is 5.21. The van der Waals surface area contributed by atoms with Crippen molar-refractivity contribution in [3.63, 3.8) is 0 Å². The molecule has 2 aliphatic rings. The zero-order valence-electron chi connectivity index (χ0n) is 11.2. The summed E-state index contributed by atoms with van der Waals surface area (Å²) in [7, 11) is 1.97. The Labute approximate surface area is 110 Å². The second kappa shape index (κ2) is 5.19. The highest BCUT2D eigenvalue weighted by atomic mass is 15.3. The summed E-state index contributed by atoms with van der Waals surface area (Å²) in [6.45, 7) is 5.05. The van der Waals surface area contributed by atoms with Crippen molar-refractivity contribution in [2.75, 3.05) is 43.4 Å². The number of hydrogen-bond donors (Lipinski definition) is 1. The van der Waals surface area contributed by atoms with Gasteiger partial charge in [0.25, 0.3) is 0 Å². The van der Waals surface area contributed by atoms with E-state index in [0.29, 0.717) is 0 Å². The predicted octanol–water partition coefficient (Wildman–Crippen LogP) is 2.40. The minimum atomic E-state index is 0.788. The van der Waals surface area contributed by atoms with E-state index in [9.17, 15) is 0 Å². The molecule has 1 atom stereocenters. The fourth-order valence-electron chi connectivity index (χ4n) is 3.22. The van der Waals surface area contributed by atoms with Gasteiger partial charge in [-0.15, -0.1) is 0 Å². The average Bonchev–Trinajstić information content (AvgIpc) is 3.09. The highest BCUT2D eigenvalue weighted by Crippen LogP contribution is 2.26. The van der Waals surface area contributed by atoms with E-state index in [-0.39, 0.29) is 0 Å². The van der Waals surface area contributed by atoms with Gasteiger partial charge in [0, 0.05) is 37.6 Å². The van der Waals surface area contributed by atoms with E-state index in [4.69, 9.17) is 0 Å². The number of anilines is 2. The van der Waals surface area contributed by atoms with Crippen LogP contribution >= 0.6 is 0 Å². The lowest BCUT2D eigenvalue weighted by Crippen LogP contribution is -2.35. The van der Waals surface area contributed by atoms with E-state index in [1.165, 1.54) is 56.8 Å². The average molecular weight is 245 g/mol. The van der Waals surface area contributed by atoms with Crippen LogP contribution in [0.3, 0.4) is 0 Å². The van der Waals surface area contributed by atoms with E-state index in [1.807, 2.05) is 7.05 Å². The van der Waals surface area contributed by atoms with Crippen molar-refractivity contribution in [3.8, 4) is 0 Å². The standard InChI is InChI=1S/C15H23N3/c1-16-13-4-6-14(7-5-13)18-11-8-15(12-18)17-9-2-3-10-17/h4-7,15-16H,2-3,8-12H2,1H3. The molecule has 98 valence electrons. The molecule has 0 saturated carbocycles. The van der Waals surface area contributed by atoms with E-state index in [2.05, 4.69) is 39.4 Å². The van der Waals surface area contributed by atoms with Gasteiger partial charge in [-0.25, -0.2) is 0 Å². The summed E-state index contributed by atoms with van der Waals surface area (Å²) in [6, 6.07) is 9.59. The minimum absolute atomic E-state index is 0.788. The third-order valence-corrected chi connectivity index (χ3v) is 4.34. The molecule has 3 heteroatoms. The smallest absolute Gasteiger partial charge is 0.0368 e. The molecule has 2 fully saturated rings. The van der Waals surface area contributed by atoms with E-state index < -0.39 is 0 Å². The third kappa shape index (κ3) is 2.32. The lowest BCUT2D eigenvalue weighted by atomic mass is 10.2. The zero-order valence-corrected chi connectivity index (χ0v) is 11.2. The van der Waals surface area contributed by atoms with Crippen LogP contribution in [0.1, 0.15) is 19.3 Å². The highest BCUT2D eigenvalue weighted by Gasteiger charge is 2.29. The first kappa shape index (κ1) is 11.8. The summed E-state index contributed by atoms with van der Waals surface area (Å²) in [5.41, 5.74) is 2.56. The topological polar surface area (TPSA) is 18.5 Å². The number of hydrogen-bond acceptors (Lipinski definition) is 3. The zero-order chi connectivity index (χ0) is 12.4. The first-order valence-corrected chi connectivity index (χ1v) is 7.13. The lowest BCUT2D eigenvalue weighted by molar-refractivity contribution is 0.260. The van der Waals surface area contributed by atoms with Gasteiger partial charge in [0.05, 0.1) is 0 Å². The maximum Gasteiger partial charge on any atom is 0.0368 e. The molecular weight excluding hydrogens is 222 g/mol. The van der Waals surface area contributed by atoms with Crippen molar-refractivity contribution < 1.29 is 0 Å². The maximum absolute atomic E-state index is 3.17. The minimum Gasteiger partial charge on any atom is -0.388 e. The third-order valence-electron chi connectivity index (χ3n) is 4.34. The molecule has 0 bridgehead atoms. The van der Waals surface area contributed by atoms with Crippen LogP contribution in [0.15, 0.2) is 24.3 Å². The van der Waals surface area contributed by atoms with E-state index >= 15 is 0 Å². The number of nitrogens with one attached hydrogen (secondary N) is 1. The van der Waals surface area contributed by atoms with Crippen LogP contribution in [0, 0.1) is 0 Å². The quantitative estimate of drug-likeness (QED) is 0.882. The summed E-state index contributed by atoms with van der Waals surface area (Å²) >= 11 is 0. The number of nitrogens with zero attached hydrogens (tertiary/aromatic N) is 2. The fourth-order valence-corrected chi connectivity index (χ4v) is 3.22. The Morgan fingerprint density at radius 2 is 1.78 bits per heavy atom. The van der Waals surface area contributed by atoms with Gasteiger partial charge in [-0.05, 0) is 56.6 Å². The summed E-state index contributed by atoms with van der Waals surface area (Å²) in [6.07, 6.45) is 4.12. The van der Waals surface area contributed by atoms with Crippen LogP contribution in [0.2, 0.25) is 0 Å². The molecule has 3 rings (SSSR count). The molecule has 1 unspecified atom stereocenters. The van der Waals surface area contributed by atoms with E-state index in [0.717, 1.165) is 6.04 Å². The first-order valence-electron chi connectivity index (χ1n) is 7.13. The van der Waals surface area contributed by atoms with Crippen molar-refractivity contribution in [3.05, 3.63) is 24.3 Å². The van der Waals surface area contributed by atoms with Crippen LogP contribution < -0.4 is 10.2 Å². The monoisotopic (exact) mass is 245 g/mol. The van der Waals surface area contributed by atoms with Crippen LogP contribution in [0.4, 0.5) is 11.4 Å². The van der Waals surface area contributed by atoms with Gasteiger partial charge in [-0.3, -0.25) is 4.90 Å². The molecule has 0 aromatic heterocycles. The maximum atomic E-state index is 3.17. The van der Waals surface area contributed by atoms with Crippen molar-refractivity contribution in [1.82, 2.24) is 4.90 Å². The van der Waals surface area contributed by atoms with Gasteiger partial charge in [0.15, 0.2) is 0 Å². The Bertz CT molecular complexity index is 381. The van der Waals surface area contributed by atoms with Crippen molar-refractivity contribution in [2.24, 2.45) is 0 Å². The summed E-state index contributed by atoms with van der Waals surface area (Å²) < 4.78 is 0. The predicted molar refractivity (Wildman–Crippen MR) is 77.4 cm³/mol. The van der Waals surface area contributed by atoms with Gasteiger partial charge >= 0.3 is 0 Å². The highest BCUT2D eigenvalue weighted by molar-refractivity contribution is 5.55. The Balaban J connectivity index is 1.63. The Morgan fingerprint density at radius 3 is 2.44 bits per heavy atom. The fraction of sp³-hybridized carbons (Fsp3) is 0.600. The molecule has 1 N–H and O–H groups in total. The Hall–Kier alpha value is -1.22. The Kier molecular flexibility index (Phi) is 3.41. The van der Waals surface area contributed by atoms with Crippen molar-refractivity contribution in [2.45, 2.75) is 25.3 Å². The molecule has 3 nitrogen and oxygen atoms in total. The first-order chi connectivity index (χ1) is 8.86. The molecule has 0 amide bonds. The molecule has 2 heterocycles. The van der Waals surface area contributed by atoms with E-state index in [1.54, 1.807) is 0 Å². The van der Waals surface area contributed by atoms with Crippen LogP contribution in [-0.2, 0) is 0 Å². The van der Waals surface area contributed by atoms with Crippen LogP contribution in [-0.4, -0.2) is 44.2 Å². The van der Waals surface area contributed by atoms with Crippen LogP contribution in [0.25, 0.3) is 0 Å². The Morgan fingerprint density at radius 1 is 1.06 bits per heavy atom. The van der Waals surface area contributed by atoms with Gasteiger partial charge in [0.1, 0.15) is 0 Å². The molecule has 2 saturated heterocycles. The SMILES string of the molecule is CNc1ccc(N2CCC(N3CCCC3)C2)cc1. The number of benzene rings is 1. The molecular formula is C15H23N3. The van der Waals surface area contributed by atoms with Gasteiger partial charge in [-0.1, -0.05) is 0 Å². The largest absolute Gasteiger partial charge is 0.388 e. The second-order valence-corrected chi connectivity index (χ2v) is 5.43. The van der Waals surface area contributed by atoms with Gasteiger partial charge in [0.2, 0.25) is 0 Å². The summed E-state index contributed by atoms with van der Waals surface area (Å²) in [5, 5.41) is 3.17. The number of rotatable bonds is 3. The van der Waals surface area contributed by atoms with Gasteiger partial charge in [-0.2, -0.15) is 0 Å². The molecule has 0 radical (unpaired) electrons. The molecule has 1 aromatic rings. The lowest BCUT2D eigenvalue weighted by Gasteiger charge is -2.24. The van der Waals surface area contributed by atoms with Crippen LogP contribution in [0.5, 0.6) is 0 Å². The summed E-state index contributed by atoms with van der Waals surface area (Å²) in [5.74, 6) is 0. The van der Waals surface area contributed by atoms with Gasteiger partial charge < -0.3 is 10.2 Å². The second-order valence-electron chi connectivity index (χ2n) is 5.43. The molecule has 2 aliphatic heterocycles. The molecule has 18 heavy (non-hydrogen) atoms. The molecule has 0 spiro atoms. The molecule has 1 aromatic carbocycles. The number of likely N-dealkylation sites (tertiary alicyclic amines) is 1. The normalized spacial score (nSPS) is 24.7. The van der Waals surface area contributed by atoms with Crippen molar-refractivity contribution >= 4 is 11.4 Å².